The van der Waals surface area contributed by atoms with Crippen LogP contribution in [-0.4, -0.2) is 0 Å². The van der Waals surface area contributed by atoms with Crippen molar-refractivity contribution in [1.29, 1.82) is 0 Å². The normalized spacial score (nSPS) is 12.9. The second-order valence-electron chi connectivity index (χ2n) is 3.42. The van der Waals surface area contributed by atoms with Crippen LogP contribution in [-0.2, 0) is 6.54 Å². The summed E-state index contributed by atoms with van der Waals surface area (Å²) in [5, 5.41) is 7.60. The number of hydrogen-bond acceptors (Lipinski definition) is 4. The Balaban J connectivity index is 1.91. The Morgan fingerprint density at radius 3 is 2.80 bits per heavy atom. The van der Waals surface area contributed by atoms with Crippen molar-refractivity contribution in [3.05, 3.63) is 38.7 Å². The molecule has 0 amide bonds. The standard InChI is InChI=1S/C11H14N2S2/c1-8(10-3-2-5-14-10)13-7-11-9(12)4-6-15-11/h2-6,8,13H,7,12H2,1H3. The molecular weight excluding hydrogens is 224 g/mol. The lowest BCUT2D eigenvalue weighted by atomic mass is 10.2. The summed E-state index contributed by atoms with van der Waals surface area (Å²) in [6.45, 7) is 3.03. The van der Waals surface area contributed by atoms with Crippen LogP contribution in [0.3, 0.4) is 0 Å². The first-order valence-electron chi connectivity index (χ1n) is 4.86. The van der Waals surface area contributed by atoms with E-state index in [0.717, 1.165) is 12.2 Å². The Kier molecular flexibility index (Phi) is 3.41. The van der Waals surface area contributed by atoms with Gasteiger partial charge in [0.1, 0.15) is 0 Å². The fourth-order valence-electron chi connectivity index (χ4n) is 1.38. The van der Waals surface area contributed by atoms with E-state index in [9.17, 15) is 0 Å². The van der Waals surface area contributed by atoms with Gasteiger partial charge >= 0.3 is 0 Å². The van der Waals surface area contributed by atoms with Crippen LogP contribution in [0.15, 0.2) is 29.0 Å². The van der Waals surface area contributed by atoms with Crippen LogP contribution in [0, 0.1) is 0 Å². The van der Waals surface area contributed by atoms with Gasteiger partial charge in [0.2, 0.25) is 0 Å². The van der Waals surface area contributed by atoms with Crippen LogP contribution >= 0.6 is 22.7 Å². The molecule has 0 saturated heterocycles. The highest BCUT2D eigenvalue weighted by Crippen LogP contribution is 2.22. The lowest BCUT2D eigenvalue weighted by Gasteiger charge is -2.11. The molecule has 2 nitrogen and oxygen atoms in total. The second-order valence-corrected chi connectivity index (χ2v) is 5.40. The first kappa shape index (κ1) is 10.7. The second kappa shape index (κ2) is 4.79. The van der Waals surface area contributed by atoms with E-state index >= 15 is 0 Å². The van der Waals surface area contributed by atoms with Crippen molar-refractivity contribution in [1.82, 2.24) is 5.32 Å². The minimum atomic E-state index is 0.395. The summed E-state index contributed by atoms with van der Waals surface area (Å²) in [5.41, 5.74) is 6.71. The molecular formula is C11H14N2S2. The molecule has 0 aliphatic carbocycles. The van der Waals surface area contributed by atoms with Crippen molar-refractivity contribution < 1.29 is 0 Å². The van der Waals surface area contributed by atoms with E-state index in [1.54, 1.807) is 22.7 Å². The van der Waals surface area contributed by atoms with Crippen LogP contribution in [0.1, 0.15) is 22.7 Å². The molecule has 2 aromatic heterocycles. The van der Waals surface area contributed by atoms with Crippen LogP contribution < -0.4 is 11.1 Å². The van der Waals surface area contributed by atoms with Crippen molar-refractivity contribution in [3.63, 3.8) is 0 Å². The Morgan fingerprint density at radius 2 is 2.20 bits per heavy atom. The number of anilines is 1. The molecule has 2 rings (SSSR count). The van der Waals surface area contributed by atoms with Crippen LogP contribution in [0.4, 0.5) is 5.69 Å². The Hall–Kier alpha value is -0.840. The SMILES string of the molecule is CC(NCc1sccc1N)c1cccs1. The average molecular weight is 238 g/mol. The molecule has 0 radical (unpaired) electrons. The smallest absolute Gasteiger partial charge is 0.0468 e. The van der Waals surface area contributed by atoms with Gasteiger partial charge in [-0.15, -0.1) is 22.7 Å². The van der Waals surface area contributed by atoms with Crippen LogP contribution in [0.5, 0.6) is 0 Å². The summed E-state index contributed by atoms with van der Waals surface area (Å²) in [6.07, 6.45) is 0. The van der Waals surface area contributed by atoms with Crippen LogP contribution in [0.25, 0.3) is 0 Å². The monoisotopic (exact) mass is 238 g/mol. The van der Waals surface area contributed by atoms with Gasteiger partial charge in [-0.2, -0.15) is 0 Å². The third-order valence-corrected chi connectivity index (χ3v) is 4.31. The van der Waals surface area contributed by atoms with E-state index in [2.05, 4.69) is 29.8 Å². The zero-order valence-corrected chi connectivity index (χ0v) is 10.2. The largest absolute Gasteiger partial charge is 0.398 e. The van der Waals surface area contributed by atoms with Gasteiger partial charge in [0, 0.05) is 28.0 Å². The molecule has 4 heteroatoms. The highest BCUT2D eigenvalue weighted by molar-refractivity contribution is 7.10. The molecule has 1 atom stereocenters. The zero-order valence-electron chi connectivity index (χ0n) is 8.57. The van der Waals surface area contributed by atoms with Gasteiger partial charge in [-0.05, 0) is 29.8 Å². The fraction of sp³-hybridized carbons (Fsp3) is 0.273. The minimum Gasteiger partial charge on any atom is -0.398 e. The molecule has 2 heterocycles. The van der Waals surface area contributed by atoms with Crippen molar-refractivity contribution in [2.24, 2.45) is 0 Å². The molecule has 0 aromatic carbocycles. The highest BCUT2D eigenvalue weighted by Gasteiger charge is 2.07. The van der Waals surface area contributed by atoms with Crippen molar-refractivity contribution in [3.8, 4) is 0 Å². The summed E-state index contributed by atoms with van der Waals surface area (Å²) in [6, 6.07) is 6.58. The predicted molar refractivity (Wildman–Crippen MR) is 68.3 cm³/mol. The molecule has 2 aromatic rings. The third-order valence-electron chi connectivity index (χ3n) is 2.32. The molecule has 0 saturated carbocycles. The van der Waals surface area contributed by atoms with E-state index in [1.807, 2.05) is 11.4 Å². The van der Waals surface area contributed by atoms with Gasteiger partial charge in [-0.1, -0.05) is 6.07 Å². The molecule has 1 unspecified atom stereocenters. The maximum atomic E-state index is 5.82. The van der Waals surface area contributed by atoms with Crippen LogP contribution in [0.2, 0.25) is 0 Å². The van der Waals surface area contributed by atoms with Crippen molar-refractivity contribution >= 4 is 28.4 Å². The van der Waals surface area contributed by atoms with Crippen molar-refractivity contribution in [2.75, 3.05) is 5.73 Å². The number of thiophene rings is 2. The first-order chi connectivity index (χ1) is 7.27. The van der Waals surface area contributed by atoms with E-state index in [0.29, 0.717) is 6.04 Å². The summed E-state index contributed by atoms with van der Waals surface area (Å²) >= 11 is 3.49. The van der Waals surface area contributed by atoms with Gasteiger partial charge in [0.15, 0.2) is 0 Å². The number of hydrogen-bond donors (Lipinski definition) is 2. The number of nitrogens with two attached hydrogens (primary N) is 1. The summed E-state index contributed by atoms with van der Waals surface area (Å²) in [4.78, 5) is 2.59. The van der Waals surface area contributed by atoms with Gasteiger partial charge in [0.25, 0.3) is 0 Å². The van der Waals surface area contributed by atoms with E-state index in [4.69, 9.17) is 5.73 Å². The molecule has 0 aliphatic heterocycles. The molecule has 3 N–H and O–H groups in total. The van der Waals surface area contributed by atoms with Gasteiger partial charge < -0.3 is 11.1 Å². The zero-order chi connectivity index (χ0) is 10.7. The van der Waals surface area contributed by atoms with Crippen molar-refractivity contribution in [2.45, 2.75) is 19.5 Å². The Morgan fingerprint density at radius 1 is 1.33 bits per heavy atom. The fourth-order valence-corrected chi connectivity index (χ4v) is 2.89. The number of nitrogens with one attached hydrogen (secondary N) is 1. The number of nitrogen functional groups attached to an aromatic ring is 1. The molecule has 0 bridgehead atoms. The van der Waals surface area contributed by atoms with Gasteiger partial charge in [-0.25, -0.2) is 0 Å². The molecule has 80 valence electrons. The lowest BCUT2D eigenvalue weighted by molar-refractivity contribution is 0.588. The van der Waals surface area contributed by atoms with E-state index < -0.39 is 0 Å². The maximum absolute atomic E-state index is 5.82. The number of rotatable bonds is 4. The topological polar surface area (TPSA) is 38.0 Å². The molecule has 0 fully saturated rings. The molecule has 15 heavy (non-hydrogen) atoms. The quantitative estimate of drug-likeness (QED) is 0.858. The van der Waals surface area contributed by atoms with Gasteiger partial charge in [-0.3, -0.25) is 0 Å². The maximum Gasteiger partial charge on any atom is 0.0468 e. The Labute approximate surface area is 97.8 Å². The summed E-state index contributed by atoms with van der Waals surface area (Å²) < 4.78 is 0. The summed E-state index contributed by atoms with van der Waals surface area (Å²) in [7, 11) is 0. The predicted octanol–water partition coefficient (Wildman–Crippen LogP) is 3.24. The van der Waals surface area contributed by atoms with Gasteiger partial charge in [0.05, 0.1) is 0 Å². The summed E-state index contributed by atoms with van der Waals surface area (Å²) in [5.74, 6) is 0. The first-order valence-corrected chi connectivity index (χ1v) is 6.62. The highest BCUT2D eigenvalue weighted by atomic mass is 32.1. The molecule has 0 spiro atoms. The molecule has 0 aliphatic rings. The van der Waals surface area contributed by atoms with E-state index in [1.165, 1.54) is 9.75 Å². The van der Waals surface area contributed by atoms with E-state index in [-0.39, 0.29) is 0 Å². The third kappa shape index (κ3) is 2.59. The average Bonchev–Trinajstić information content (AvgIpc) is 2.85. The lowest BCUT2D eigenvalue weighted by Crippen LogP contribution is -2.16. The Bertz CT molecular complexity index is 406. The minimum absolute atomic E-state index is 0.395.